The van der Waals surface area contributed by atoms with Crippen LogP contribution in [0, 0.1) is 0 Å². The number of aromatic carboxylic acids is 1. The summed E-state index contributed by atoms with van der Waals surface area (Å²) in [6, 6.07) is -0.185. The van der Waals surface area contributed by atoms with Crippen LogP contribution >= 0.6 is 0 Å². The second-order valence-electron chi connectivity index (χ2n) is 4.23. The summed E-state index contributed by atoms with van der Waals surface area (Å²) in [7, 11) is 0. The Labute approximate surface area is 98.6 Å². The number of hydrogen-bond acceptors (Lipinski definition) is 3. The van der Waals surface area contributed by atoms with Crippen molar-refractivity contribution in [2.24, 2.45) is 0 Å². The largest absolute Gasteiger partial charge is 0.478 e. The Balaban J connectivity index is 2.32. The first-order valence-electron chi connectivity index (χ1n) is 5.65. The van der Waals surface area contributed by atoms with E-state index in [4.69, 9.17) is 5.11 Å². The molecule has 0 aromatic carbocycles. The van der Waals surface area contributed by atoms with Gasteiger partial charge in [-0.2, -0.15) is 5.10 Å². The summed E-state index contributed by atoms with van der Waals surface area (Å²) in [5.41, 5.74) is 0.690. The van der Waals surface area contributed by atoms with Crippen LogP contribution in [-0.2, 0) is 4.79 Å². The maximum absolute atomic E-state index is 11.5. The van der Waals surface area contributed by atoms with Crippen molar-refractivity contribution >= 4 is 11.9 Å². The van der Waals surface area contributed by atoms with Gasteiger partial charge in [0.05, 0.1) is 17.9 Å². The van der Waals surface area contributed by atoms with Crippen molar-refractivity contribution in [2.45, 2.75) is 32.2 Å². The van der Waals surface area contributed by atoms with Crippen LogP contribution in [0.1, 0.15) is 48.3 Å². The Morgan fingerprint density at radius 3 is 2.94 bits per heavy atom. The van der Waals surface area contributed by atoms with Gasteiger partial charge in [0, 0.05) is 13.5 Å². The SMILES string of the molecule is CC(=O)N1CCCCC1c1[nH]ncc1C(=O)O. The highest BCUT2D eigenvalue weighted by Gasteiger charge is 2.30. The summed E-state index contributed by atoms with van der Waals surface area (Å²) in [6.07, 6.45) is 4.03. The molecule has 1 saturated heterocycles. The van der Waals surface area contributed by atoms with E-state index in [-0.39, 0.29) is 17.5 Å². The highest BCUT2D eigenvalue weighted by atomic mass is 16.4. The number of carbonyl (C=O) groups excluding carboxylic acids is 1. The zero-order chi connectivity index (χ0) is 12.4. The fourth-order valence-electron chi connectivity index (χ4n) is 2.33. The van der Waals surface area contributed by atoms with E-state index in [9.17, 15) is 9.59 Å². The third-order valence-electron chi connectivity index (χ3n) is 3.14. The Bertz CT molecular complexity index is 441. The fourth-order valence-corrected chi connectivity index (χ4v) is 2.33. The molecule has 0 bridgehead atoms. The third kappa shape index (κ3) is 2.15. The Morgan fingerprint density at radius 1 is 1.53 bits per heavy atom. The van der Waals surface area contributed by atoms with Gasteiger partial charge < -0.3 is 10.0 Å². The Kier molecular flexibility index (Phi) is 3.12. The molecule has 1 unspecified atom stereocenters. The zero-order valence-electron chi connectivity index (χ0n) is 9.64. The van der Waals surface area contributed by atoms with Crippen LogP contribution in [0.4, 0.5) is 0 Å². The number of carboxylic acid groups (broad SMARTS) is 1. The number of piperidine rings is 1. The first-order chi connectivity index (χ1) is 8.11. The lowest BCUT2D eigenvalue weighted by atomic mass is 9.97. The monoisotopic (exact) mass is 237 g/mol. The van der Waals surface area contributed by atoms with Crippen molar-refractivity contribution in [2.75, 3.05) is 6.54 Å². The minimum Gasteiger partial charge on any atom is -0.478 e. The van der Waals surface area contributed by atoms with Crippen LogP contribution in [-0.4, -0.2) is 38.6 Å². The van der Waals surface area contributed by atoms with E-state index in [2.05, 4.69) is 10.2 Å². The number of rotatable bonds is 2. The van der Waals surface area contributed by atoms with E-state index in [1.807, 2.05) is 0 Å². The molecule has 2 N–H and O–H groups in total. The van der Waals surface area contributed by atoms with E-state index in [1.165, 1.54) is 13.1 Å². The molecule has 1 fully saturated rings. The minimum atomic E-state index is -1.01. The van der Waals surface area contributed by atoms with E-state index >= 15 is 0 Å². The maximum Gasteiger partial charge on any atom is 0.339 e. The molecule has 1 aromatic heterocycles. The van der Waals surface area contributed by atoms with Gasteiger partial charge >= 0.3 is 5.97 Å². The van der Waals surface area contributed by atoms with Gasteiger partial charge in [-0.3, -0.25) is 9.89 Å². The van der Waals surface area contributed by atoms with Crippen LogP contribution in [0.15, 0.2) is 6.20 Å². The smallest absolute Gasteiger partial charge is 0.339 e. The topological polar surface area (TPSA) is 86.3 Å². The number of carbonyl (C=O) groups is 2. The molecule has 17 heavy (non-hydrogen) atoms. The molecule has 6 heteroatoms. The Hall–Kier alpha value is -1.85. The van der Waals surface area contributed by atoms with E-state index in [0.29, 0.717) is 12.2 Å². The van der Waals surface area contributed by atoms with Crippen molar-refractivity contribution in [3.05, 3.63) is 17.5 Å². The second-order valence-corrected chi connectivity index (χ2v) is 4.23. The zero-order valence-corrected chi connectivity index (χ0v) is 9.64. The standard InChI is InChI=1S/C11H15N3O3/c1-7(15)14-5-3-2-4-9(14)10-8(11(16)17)6-12-13-10/h6,9H,2-5H2,1H3,(H,12,13)(H,16,17). The molecule has 6 nitrogen and oxygen atoms in total. The lowest BCUT2D eigenvalue weighted by molar-refractivity contribution is -0.132. The van der Waals surface area contributed by atoms with Crippen molar-refractivity contribution in [3.63, 3.8) is 0 Å². The van der Waals surface area contributed by atoms with Gasteiger partial charge in [0.2, 0.25) is 5.91 Å². The molecule has 2 rings (SSSR count). The van der Waals surface area contributed by atoms with Gasteiger partial charge in [0.15, 0.2) is 0 Å². The lowest BCUT2D eigenvalue weighted by Crippen LogP contribution is -2.37. The van der Waals surface area contributed by atoms with Crippen molar-refractivity contribution in [1.82, 2.24) is 15.1 Å². The summed E-state index contributed by atoms with van der Waals surface area (Å²) in [6.45, 7) is 2.19. The first kappa shape index (κ1) is 11.6. The molecule has 0 saturated carbocycles. The Morgan fingerprint density at radius 2 is 2.29 bits per heavy atom. The number of amides is 1. The van der Waals surface area contributed by atoms with Gasteiger partial charge in [-0.05, 0) is 19.3 Å². The van der Waals surface area contributed by atoms with E-state index in [0.717, 1.165) is 19.3 Å². The van der Waals surface area contributed by atoms with Crippen LogP contribution < -0.4 is 0 Å². The number of nitrogens with one attached hydrogen (secondary N) is 1. The normalized spacial score (nSPS) is 20.3. The predicted molar refractivity (Wildman–Crippen MR) is 59.5 cm³/mol. The van der Waals surface area contributed by atoms with Crippen LogP contribution in [0.25, 0.3) is 0 Å². The summed E-state index contributed by atoms with van der Waals surface area (Å²) in [5.74, 6) is -1.04. The molecule has 1 amide bonds. The molecule has 2 heterocycles. The fraction of sp³-hybridized carbons (Fsp3) is 0.545. The maximum atomic E-state index is 11.5. The van der Waals surface area contributed by atoms with Gasteiger partial charge in [-0.25, -0.2) is 4.79 Å². The van der Waals surface area contributed by atoms with Crippen LogP contribution in [0.3, 0.4) is 0 Å². The number of H-pyrrole nitrogens is 1. The highest BCUT2D eigenvalue weighted by Crippen LogP contribution is 2.31. The van der Waals surface area contributed by atoms with Crippen molar-refractivity contribution in [3.8, 4) is 0 Å². The second kappa shape index (κ2) is 4.57. The molecule has 92 valence electrons. The highest BCUT2D eigenvalue weighted by molar-refractivity contribution is 5.89. The van der Waals surface area contributed by atoms with Gasteiger partial charge in [0.25, 0.3) is 0 Å². The summed E-state index contributed by atoms with van der Waals surface area (Å²) in [4.78, 5) is 24.3. The number of carboxylic acids is 1. The quantitative estimate of drug-likeness (QED) is 0.808. The molecule has 1 aromatic rings. The number of likely N-dealkylation sites (tertiary alicyclic amines) is 1. The molecule has 1 aliphatic heterocycles. The van der Waals surface area contributed by atoms with E-state index in [1.54, 1.807) is 4.90 Å². The predicted octanol–water partition coefficient (Wildman–Crippen LogP) is 1.18. The molecule has 0 aliphatic carbocycles. The average Bonchev–Trinajstić information content (AvgIpc) is 2.77. The summed E-state index contributed by atoms with van der Waals surface area (Å²) >= 11 is 0. The number of nitrogens with zero attached hydrogens (tertiary/aromatic N) is 2. The first-order valence-corrected chi connectivity index (χ1v) is 5.65. The average molecular weight is 237 g/mol. The molecular formula is C11H15N3O3. The minimum absolute atomic E-state index is 0.0272. The van der Waals surface area contributed by atoms with E-state index < -0.39 is 5.97 Å². The van der Waals surface area contributed by atoms with Gasteiger partial charge in [0.1, 0.15) is 5.56 Å². The third-order valence-corrected chi connectivity index (χ3v) is 3.14. The summed E-state index contributed by atoms with van der Waals surface area (Å²) < 4.78 is 0. The van der Waals surface area contributed by atoms with Gasteiger partial charge in [-0.1, -0.05) is 0 Å². The molecule has 0 radical (unpaired) electrons. The van der Waals surface area contributed by atoms with Crippen molar-refractivity contribution < 1.29 is 14.7 Å². The summed E-state index contributed by atoms with van der Waals surface area (Å²) in [5, 5.41) is 15.5. The molecule has 0 spiro atoms. The molecule has 1 atom stereocenters. The number of aromatic nitrogens is 2. The number of aromatic amines is 1. The molecular weight excluding hydrogens is 222 g/mol. The number of hydrogen-bond donors (Lipinski definition) is 2. The molecule has 1 aliphatic rings. The van der Waals surface area contributed by atoms with Crippen LogP contribution in [0.5, 0.6) is 0 Å². The lowest BCUT2D eigenvalue weighted by Gasteiger charge is -2.34. The van der Waals surface area contributed by atoms with Crippen LogP contribution in [0.2, 0.25) is 0 Å². The van der Waals surface area contributed by atoms with Crippen molar-refractivity contribution in [1.29, 1.82) is 0 Å². The van der Waals surface area contributed by atoms with Gasteiger partial charge in [-0.15, -0.1) is 0 Å².